The maximum absolute atomic E-state index is 12.5. The van der Waals surface area contributed by atoms with Gasteiger partial charge in [0.25, 0.3) is 5.91 Å². The number of hydrogen-bond donors (Lipinski definition) is 1. The molecule has 2 fully saturated rings. The SMILES string of the molecule is C[C@@H]1[C@H](C)CCC[C@H]1N1C[C@H](C(=O)OCC(=O)Nc2ccccc2Cl)CC1=O. The third-order valence-corrected chi connectivity index (χ3v) is 6.38. The normalized spacial score (nSPS) is 27.5. The molecule has 0 unspecified atom stereocenters. The lowest BCUT2D eigenvalue weighted by atomic mass is 9.77. The predicted molar refractivity (Wildman–Crippen MR) is 107 cm³/mol. The van der Waals surface area contributed by atoms with Crippen molar-refractivity contribution in [3.05, 3.63) is 29.3 Å². The first-order valence-electron chi connectivity index (χ1n) is 9.87. The van der Waals surface area contributed by atoms with Crippen molar-refractivity contribution in [3.63, 3.8) is 0 Å². The molecule has 1 N–H and O–H groups in total. The molecule has 152 valence electrons. The first-order chi connectivity index (χ1) is 13.4. The van der Waals surface area contributed by atoms with Crippen LogP contribution in [0.4, 0.5) is 5.69 Å². The zero-order valence-electron chi connectivity index (χ0n) is 16.3. The molecule has 2 amide bonds. The molecule has 0 spiro atoms. The van der Waals surface area contributed by atoms with Crippen LogP contribution in [0.1, 0.15) is 39.5 Å². The fraction of sp³-hybridized carbons (Fsp3) is 0.571. The van der Waals surface area contributed by atoms with Gasteiger partial charge in [-0.3, -0.25) is 14.4 Å². The quantitative estimate of drug-likeness (QED) is 0.759. The van der Waals surface area contributed by atoms with Gasteiger partial charge in [-0.1, -0.05) is 50.4 Å². The van der Waals surface area contributed by atoms with Gasteiger partial charge in [0.15, 0.2) is 6.61 Å². The third-order valence-electron chi connectivity index (χ3n) is 6.05. The molecule has 0 radical (unpaired) electrons. The lowest BCUT2D eigenvalue weighted by Crippen LogP contribution is -2.45. The molecule has 1 saturated carbocycles. The van der Waals surface area contributed by atoms with Crippen molar-refractivity contribution in [2.24, 2.45) is 17.8 Å². The smallest absolute Gasteiger partial charge is 0.311 e. The number of anilines is 1. The van der Waals surface area contributed by atoms with E-state index in [1.165, 1.54) is 6.42 Å². The molecular weight excluding hydrogens is 380 g/mol. The van der Waals surface area contributed by atoms with E-state index in [1.54, 1.807) is 24.3 Å². The molecule has 3 rings (SSSR count). The fourth-order valence-electron chi connectivity index (χ4n) is 4.21. The maximum atomic E-state index is 12.5. The Hall–Kier alpha value is -2.08. The van der Waals surface area contributed by atoms with Crippen molar-refractivity contribution < 1.29 is 19.1 Å². The Bertz CT molecular complexity index is 754. The lowest BCUT2D eigenvalue weighted by Gasteiger charge is -2.39. The second-order valence-electron chi connectivity index (χ2n) is 7.92. The highest BCUT2D eigenvalue weighted by Gasteiger charge is 2.42. The van der Waals surface area contributed by atoms with Gasteiger partial charge in [-0.25, -0.2) is 0 Å². The number of amides is 2. The molecule has 4 atom stereocenters. The molecule has 1 aliphatic carbocycles. The minimum atomic E-state index is -0.509. The Morgan fingerprint density at radius 1 is 1.25 bits per heavy atom. The number of benzene rings is 1. The van der Waals surface area contributed by atoms with Crippen molar-refractivity contribution >= 4 is 35.1 Å². The summed E-state index contributed by atoms with van der Waals surface area (Å²) in [5.41, 5.74) is 0.466. The molecule has 1 aliphatic heterocycles. The van der Waals surface area contributed by atoms with Crippen LogP contribution in [0, 0.1) is 17.8 Å². The number of likely N-dealkylation sites (tertiary alicyclic amines) is 1. The number of halogens is 1. The average molecular weight is 407 g/mol. The Kier molecular flexibility index (Phi) is 6.60. The molecule has 1 heterocycles. The van der Waals surface area contributed by atoms with E-state index < -0.39 is 24.4 Å². The van der Waals surface area contributed by atoms with Crippen molar-refractivity contribution in [2.75, 3.05) is 18.5 Å². The Morgan fingerprint density at radius 3 is 2.75 bits per heavy atom. The summed E-state index contributed by atoms with van der Waals surface area (Å²) >= 11 is 6.00. The number of hydrogen-bond acceptors (Lipinski definition) is 4. The number of ether oxygens (including phenoxy) is 1. The first kappa shape index (κ1) is 20.6. The van der Waals surface area contributed by atoms with E-state index in [4.69, 9.17) is 16.3 Å². The van der Waals surface area contributed by atoms with E-state index in [1.807, 2.05) is 4.90 Å². The fourth-order valence-corrected chi connectivity index (χ4v) is 4.39. The molecule has 6 nitrogen and oxygen atoms in total. The van der Waals surface area contributed by atoms with Crippen LogP contribution in [-0.2, 0) is 19.1 Å². The molecular formula is C21H27ClN2O4. The van der Waals surface area contributed by atoms with E-state index in [0.29, 0.717) is 29.1 Å². The summed E-state index contributed by atoms with van der Waals surface area (Å²) in [5.74, 6) is -0.461. The number of esters is 1. The molecule has 1 aromatic carbocycles. The van der Waals surface area contributed by atoms with E-state index in [2.05, 4.69) is 19.2 Å². The topological polar surface area (TPSA) is 75.7 Å². The number of carbonyl (C=O) groups is 3. The van der Waals surface area contributed by atoms with E-state index in [9.17, 15) is 14.4 Å². The van der Waals surface area contributed by atoms with Crippen LogP contribution in [-0.4, -0.2) is 41.9 Å². The van der Waals surface area contributed by atoms with E-state index >= 15 is 0 Å². The summed E-state index contributed by atoms with van der Waals surface area (Å²) < 4.78 is 5.16. The lowest BCUT2D eigenvalue weighted by molar-refractivity contribution is -0.151. The van der Waals surface area contributed by atoms with E-state index in [-0.39, 0.29) is 18.4 Å². The summed E-state index contributed by atoms with van der Waals surface area (Å²) in [4.78, 5) is 38.7. The van der Waals surface area contributed by atoms with Gasteiger partial charge in [0.05, 0.1) is 16.6 Å². The first-order valence-corrected chi connectivity index (χ1v) is 10.2. The molecule has 2 aliphatic rings. The van der Waals surface area contributed by atoms with Gasteiger partial charge in [0, 0.05) is 19.0 Å². The van der Waals surface area contributed by atoms with Gasteiger partial charge in [-0.15, -0.1) is 0 Å². The second-order valence-corrected chi connectivity index (χ2v) is 8.32. The minimum absolute atomic E-state index is 0.00780. The van der Waals surface area contributed by atoms with Crippen molar-refractivity contribution in [1.29, 1.82) is 0 Å². The van der Waals surface area contributed by atoms with E-state index in [0.717, 1.165) is 12.8 Å². The highest BCUT2D eigenvalue weighted by Crippen LogP contribution is 2.35. The zero-order chi connectivity index (χ0) is 20.3. The van der Waals surface area contributed by atoms with Gasteiger partial charge < -0.3 is 15.0 Å². The number of nitrogens with zero attached hydrogens (tertiary/aromatic N) is 1. The average Bonchev–Trinajstić information content (AvgIpc) is 3.05. The summed E-state index contributed by atoms with van der Waals surface area (Å²) in [6.07, 6.45) is 3.44. The number of para-hydroxylation sites is 1. The second kappa shape index (κ2) is 8.95. The van der Waals surface area contributed by atoms with Crippen LogP contribution >= 0.6 is 11.6 Å². The van der Waals surface area contributed by atoms with Crippen molar-refractivity contribution in [2.45, 2.75) is 45.6 Å². The molecule has 7 heteroatoms. The summed E-state index contributed by atoms with van der Waals surface area (Å²) in [7, 11) is 0. The van der Waals surface area contributed by atoms with Crippen molar-refractivity contribution in [1.82, 2.24) is 4.90 Å². The molecule has 1 saturated heterocycles. The van der Waals surface area contributed by atoms with Gasteiger partial charge in [-0.05, 0) is 30.4 Å². The van der Waals surface area contributed by atoms with Crippen LogP contribution in [0.3, 0.4) is 0 Å². The molecule has 0 bridgehead atoms. The highest BCUT2D eigenvalue weighted by atomic mass is 35.5. The van der Waals surface area contributed by atoms with Crippen LogP contribution in [0.2, 0.25) is 5.02 Å². The molecule has 1 aromatic rings. The minimum Gasteiger partial charge on any atom is -0.455 e. The maximum Gasteiger partial charge on any atom is 0.311 e. The van der Waals surface area contributed by atoms with Crippen LogP contribution in [0.25, 0.3) is 0 Å². The van der Waals surface area contributed by atoms with Crippen LogP contribution in [0.5, 0.6) is 0 Å². The van der Waals surface area contributed by atoms with Crippen LogP contribution < -0.4 is 5.32 Å². The van der Waals surface area contributed by atoms with Crippen molar-refractivity contribution in [3.8, 4) is 0 Å². The number of rotatable bonds is 5. The number of nitrogens with one attached hydrogen (secondary N) is 1. The molecule has 28 heavy (non-hydrogen) atoms. The Labute approximate surface area is 170 Å². The Balaban J connectivity index is 1.50. The van der Waals surface area contributed by atoms with Gasteiger partial charge in [0.1, 0.15) is 0 Å². The standard InChI is InChI=1S/C21H27ClN2O4/c1-13-6-5-9-18(14(13)2)24-11-15(10-20(24)26)21(27)28-12-19(25)23-17-8-4-3-7-16(17)22/h3-4,7-8,13-15,18H,5-6,9-12H2,1-2H3,(H,23,25)/t13-,14-,15-,18-/m1/s1. The van der Waals surface area contributed by atoms with Crippen LogP contribution in [0.15, 0.2) is 24.3 Å². The van der Waals surface area contributed by atoms with Gasteiger partial charge >= 0.3 is 5.97 Å². The highest BCUT2D eigenvalue weighted by molar-refractivity contribution is 6.33. The predicted octanol–water partition coefficient (Wildman–Crippen LogP) is 3.49. The zero-order valence-corrected chi connectivity index (χ0v) is 17.1. The van der Waals surface area contributed by atoms with Gasteiger partial charge in [-0.2, -0.15) is 0 Å². The number of carbonyl (C=O) groups excluding carboxylic acids is 3. The third kappa shape index (κ3) is 4.66. The summed E-state index contributed by atoms with van der Waals surface area (Å²) in [5, 5.41) is 3.02. The summed E-state index contributed by atoms with van der Waals surface area (Å²) in [6.45, 7) is 4.39. The Morgan fingerprint density at radius 2 is 2.00 bits per heavy atom. The monoisotopic (exact) mass is 406 g/mol. The van der Waals surface area contributed by atoms with Gasteiger partial charge in [0.2, 0.25) is 5.91 Å². The molecule has 0 aromatic heterocycles. The largest absolute Gasteiger partial charge is 0.455 e. The summed E-state index contributed by atoms with van der Waals surface area (Å²) in [6, 6.07) is 7.03.